The van der Waals surface area contributed by atoms with Crippen molar-refractivity contribution in [3.63, 3.8) is 0 Å². The summed E-state index contributed by atoms with van der Waals surface area (Å²) in [5.41, 5.74) is 5.45. The number of rotatable bonds is 6. The summed E-state index contributed by atoms with van der Waals surface area (Å²) >= 11 is 0. The van der Waals surface area contributed by atoms with Gasteiger partial charge in [0.25, 0.3) is 0 Å². The van der Waals surface area contributed by atoms with Crippen LogP contribution in [-0.4, -0.2) is 23.3 Å². The molecule has 0 aliphatic rings. The summed E-state index contributed by atoms with van der Waals surface area (Å²) in [6, 6.07) is 0.586. The average molecular weight is 226 g/mol. The number of aromatic nitrogens is 2. The van der Waals surface area contributed by atoms with E-state index >= 15 is 0 Å². The molecule has 0 bridgehead atoms. The molecule has 0 unspecified atom stereocenters. The van der Waals surface area contributed by atoms with Gasteiger partial charge in [-0.15, -0.1) is 5.10 Å². The van der Waals surface area contributed by atoms with E-state index in [2.05, 4.69) is 42.8 Å². The molecular formula is C11H22N4O. The molecule has 0 amide bonds. The van der Waals surface area contributed by atoms with Crippen molar-refractivity contribution in [1.82, 2.24) is 10.2 Å². The van der Waals surface area contributed by atoms with Gasteiger partial charge in [-0.1, -0.05) is 32.8 Å². The zero-order valence-electron chi connectivity index (χ0n) is 10.6. The van der Waals surface area contributed by atoms with Crippen LogP contribution in [0.3, 0.4) is 0 Å². The third-order valence-electron chi connectivity index (χ3n) is 2.07. The molecule has 1 heterocycles. The molecule has 0 aromatic carbocycles. The minimum absolute atomic E-state index is 0.296. The van der Waals surface area contributed by atoms with Crippen LogP contribution in [0.15, 0.2) is 4.42 Å². The van der Waals surface area contributed by atoms with Gasteiger partial charge in [0.05, 0.1) is 6.54 Å². The van der Waals surface area contributed by atoms with Crippen LogP contribution < -0.4 is 10.6 Å². The molecule has 92 valence electrons. The quantitative estimate of drug-likeness (QED) is 0.798. The minimum atomic E-state index is 0.296. The molecule has 2 N–H and O–H groups in total. The highest BCUT2D eigenvalue weighted by atomic mass is 16.4. The Hall–Kier alpha value is -1.10. The second-order valence-corrected chi connectivity index (χ2v) is 4.88. The lowest BCUT2D eigenvalue weighted by molar-refractivity contribution is 0.455. The van der Waals surface area contributed by atoms with Gasteiger partial charge in [-0.05, 0) is 11.8 Å². The molecule has 0 saturated heterocycles. The summed E-state index contributed by atoms with van der Waals surface area (Å²) in [6.07, 6.45) is 0. The summed E-state index contributed by atoms with van der Waals surface area (Å²) in [6.45, 7) is 10.8. The van der Waals surface area contributed by atoms with Crippen molar-refractivity contribution in [3.05, 3.63) is 5.89 Å². The average Bonchev–Trinajstić information content (AvgIpc) is 2.63. The van der Waals surface area contributed by atoms with Crippen LogP contribution in [0.25, 0.3) is 0 Å². The Morgan fingerprint density at radius 1 is 1.12 bits per heavy atom. The van der Waals surface area contributed by atoms with Crippen molar-refractivity contribution in [2.24, 2.45) is 17.6 Å². The van der Waals surface area contributed by atoms with Crippen LogP contribution in [0, 0.1) is 11.8 Å². The maximum Gasteiger partial charge on any atom is 0.318 e. The van der Waals surface area contributed by atoms with E-state index in [1.807, 2.05) is 0 Å². The number of nitrogens with two attached hydrogens (primary N) is 1. The first-order valence-electron chi connectivity index (χ1n) is 5.80. The Morgan fingerprint density at radius 2 is 1.69 bits per heavy atom. The van der Waals surface area contributed by atoms with Gasteiger partial charge in [0.2, 0.25) is 5.89 Å². The molecule has 16 heavy (non-hydrogen) atoms. The molecule has 0 fully saturated rings. The van der Waals surface area contributed by atoms with Gasteiger partial charge < -0.3 is 15.1 Å². The maximum absolute atomic E-state index is 5.48. The number of hydrogen-bond acceptors (Lipinski definition) is 5. The van der Waals surface area contributed by atoms with Crippen molar-refractivity contribution in [2.45, 2.75) is 34.2 Å². The Morgan fingerprint density at radius 3 is 2.06 bits per heavy atom. The molecule has 1 aromatic heterocycles. The third-order valence-corrected chi connectivity index (χ3v) is 2.07. The summed E-state index contributed by atoms with van der Waals surface area (Å²) in [4.78, 5) is 2.13. The molecule has 5 heteroatoms. The van der Waals surface area contributed by atoms with Crippen molar-refractivity contribution in [3.8, 4) is 0 Å². The lowest BCUT2D eigenvalue weighted by Crippen LogP contribution is -2.31. The van der Waals surface area contributed by atoms with Crippen molar-refractivity contribution in [1.29, 1.82) is 0 Å². The van der Waals surface area contributed by atoms with E-state index in [9.17, 15) is 0 Å². The summed E-state index contributed by atoms with van der Waals surface area (Å²) in [5, 5.41) is 7.91. The van der Waals surface area contributed by atoms with Crippen molar-refractivity contribution < 1.29 is 4.42 Å². The Labute approximate surface area is 97.0 Å². The zero-order chi connectivity index (χ0) is 12.1. The minimum Gasteiger partial charge on any atom is -0.407 e. The number of hydrogen-bond donors (Lipinski definition) is 1. The van der Waals surface area contributed by atoms with Crippen molar-refractivity contribution in [2.75, 3.05) is 18.0 Å². The third kappa shape index (κ3) is 3.81. The molecule has 0 radical (unpaired) electrons. The fraction of sp³-hybridized carbons (Fsp3) is 0.818. The monoisotopic (exact) mass is 226 g/mol. The van der Waals surface area contributed by atoms with E-state index in [4.69, 9.17) is 10.2 Å². The highest BCUT2D eigenvalue weighted by Crippen LogP contribution is 2.15. The molecule has 1 rings (SSSR count). The van der Waals surface area contributed by atoms with E-state index in [1.54, 1.807) is 0 Å². The fourth-order valence-corrected chi connectivity index (χ4v) is 1.57. The Kier molecular flexibility index (Phi) is 4.73. The van der Waals surface area contributed by atoms with Gasteiger partial charge in [0.15, 0.2) is 0 Å². The molecule has 0 aliphatic carbocycles. The Balaban J connectivity index is 2.74. The molecule has 0 atom stereocenters. The van der Waals surface area contributed by atoms with Crippen LogP contribution in [0.4, 0.5) is 6.01 Å². The number of nitrogens with zero attached hydrogens (tertiary/aromatic N) is 3. The van der Waals surface area contributed by atoms with Crippen LogP contribution in [-0.2, 0) is 6.54 Å². The van der Waals surface area contributed by atoms with E-state index in [0.29, 0.717) is 30.3 Å². The van der Waals surface area contributed by atoms with Crippen molar-refractivity contribution >= 4 is 6.01 Å². The topological polar surface area (TPSA) is 68.2 Å². The van der Waals surface area contributed by atoms with Gasteiger partial charge in [0, 0.05) is 13.1 Å². The van der Waals surface area contributed by atoms with Gasteiger partial charge in [-0.2, -0.15) is 0 Å². The van der Waals surface area contributed by atoms with Crippen LogP contribution >= 0.6 is 0 Å². The first kappa shape index (κ1) is 13.0. The lowest BCUT2D eigenvalue weighted by Gasteiger charge is -2.23. The standard InChI is InChI=1S/C11H22N4O/c1-8(2)6-15(7-9(3)4)11-14-13-10(5-12)16-11/h8-9H,5-7,12H2,1-4H3. The van der Waals surface area contributed by atoms with Crippen LogP contribution in [0.1, 0.15) is 33.6 Å². The van der Waals surface area contributed by atoms with Gasteiger partial charge in [-0.25, -0.2) is 0 Å². The van der Waals surface area contributed by atoms with Crippen LogP contribution in [0.5, 0.6) is 0 Å². The lowest BCUT2D eigenvalue weighted by atomic mass is 10.1. The normalized spacial score (nSPS) is 11.4. The van der Waals surface area contributed by atoms with E-state index in [-0.39, 0.29) is 0 Å². The van der Waals surface area contributed by atoms with Gasteiger partial charge >= 0.3 is 6.01 Å². The summed E-state index contributed by atoms with van der Waals surface area (Å²) in [5.74, 6) is 1.62. The Bertz CT molecular complexity index is 299. The molecule has 0 spiro atoms. The second kappa shape index (κ2) is 5.84. The molecular weight excluding hydrogens is 204 g/mol. The number of anilines is 1. The van der Waals surface area contributed by atoms with E-state index in [0.717, 1.165) is 13.1 Å². The first-order chi connectivity index (χ1) is 7.52. The zero-order valence-corrected chi connectivity index (χ0v) is 10.6. The second-order valence-electron chi connectivity index (χ2n) is 4.88. The van der Waals surface area contributed by atoms with E-state index < -0.39 is 0 Å². The van der Waals surface area contributed by atoms with Crippen LogP contribution in [0.2, 0.25) is 0 Å². The largest absolute Gasteiger partial charge is 0.407 e. The highest BCUT2D eigenvalue weighted by molar-refractivity contribution is 5.24. The maximum atomic E-state index is 5.48. The highest BCUT2D eigenvalue weighted by Gasteiger charge is 2.16. The van der Waals surface area contributed by atoms with Gasteiger partial charge in [-0.3, -0.25) is 0 Å². The molecule has 5 nitrogen and oxygen atoms in total. The van der Waals surface area contributed by atoms with E-state index in [1.165, 1.54) is 0 Å². The van der Waals surface area contributed by atoms with Gasteiger partial charge in [0.1, 0.15) is 0 Å². The predicted octanol–water partition coefficient (Wildman–Crippen LogP) is 1.65. The predicted molar refractivity (Wildman–Crippen MR) is 64.1 cm³/mol. The molecule has 0 aliphatic heterocycles. The summed E-state index contributed by atoms with van der Waals surface area (Å²) in [7, 11) is 0. The molecule has 0 saturated carbocycles. The fourth-order valence-electron chi connectivity index (χ4n) is 1.57. The summed E-state index contributed by atoms with van der Waals surface area (Å²) < 4.78 is 5.48. The molecule has 1 aromatic rings. The SMILES string of the molecule is CC(C)CN(CC(C)C)c1nnc(CN)o1. The smallest absolute Gasteiger partial charge is 0.318 e. The first-order valence-corrected chi connectivity index (χ1v) is 5.80.